The Kier molecular flexibility index (Phi) is 9.83. The Labute approximate surface area is 296 Å². The normalized spacial score (nSPS) is 29.4. The maximum absolute atomic E-state index is 14.6. The fourth-order valence-corrected chi connectivity index (χ4v) is 9.16. The quantitative estimate of drug-likeness (QED) is 0.207. The molecule has 0 bridgehead atoms. The van der Waals surface area contributed by atoms with Crippen molar-refractivity contribution < 1.29 is 48.5 Å². The number of carbonyl (C=O) groups is 6. The molecular formula is C38H47N3O10. The maximum atomic E-state index is 14.6. The van der Waals surface area contributed by atoms with Crippen LogP contribution in [0.1, 0.15) is 62.0 Å². The van der Waals surface area contributed by atoms with Gasteiger partial charge < -0.3 is 30.7 Å². The number of esters is 1. The molecule has 0 aromatic heterocycles. The van der Waals surface area contributed by atoms with Gasteiger partial charge in [0.05, 0.1) is 31.7 Å². The Morgan fingerprint density at radius 1 is 1.04 bits per heavy atom. The van der Waals surface area contributed by atoms with E-state index in [1.165, 1.54) is 32.1 Å². The largest absolute Gasteiger partial charge is 0.507 e. The molecule has 2 aromatic rings. The number of ether oxygens (including phenoxy) is 2. The van der Waals surface area contributed by atoms with Crippen molar-refractivity contribution in [1.82, 2.24) is 10.2 Å². The van der Waals surface area contributed by atoms with E-state index in [4.69, 9.17) is 15.2 Å². The lowest BCUT2D eigenvalue weighted by atomic mass is 9.42. The highest BCUT2D eigenvalue weighted by Gasteiger charge is 2.76. The van der Waals surface area contributed by atoms with Gasteiger partial charge in [0.25, 0.3) is 0 Å². The van der Waals surface area contributed by atoms with Crippen LogP contribution in [0.15, 0.2) is 30.3 Å². The van der Waals surface area contributed by atoms with Crippen LogP contribution in [0.4, 0.5) is 0 Å². The number of carbonyl (C=O) groups excluding carboxylic acids is 6. The zero-order chi connectivity index (χ0) is 38.0. The fraction of sp³-hybridized carbons (Fsp3) is 0.526. The summed E-state index contributed by atoms with van der Waals surface area (Å²) in [6, 6.07) is 6.66. The zero-order valence-corrected chi connectivity index (χ0v) is 30.3. The summed E-state index contributed by atoms with van der Waals surface area (Å²) in [4.78, 5) is 82.9. The van der Waals surface area contributed by atoms with E-state index in [1.54, 1.807) is 33.2 Å². The summed E-state index contributed by atoms with van der Waals surface area (Å²) in [7, 11) is 5.93. The van der Waals surface area contributed by atoms with Crippen molar-refractivity contribution in [3.8, 4) is 22.6 Å². The van der Waals surface area contributed by atoms with Gasteiger partial charge in [-0.15, -0.1) is 0 Å². The second-order valence-electron chi connectivity index (χ2n) is 15.4. The predicted molar refractivity (Wildman–Crippen MR) is 185 cm³/mol. The van der Waals surface area contributed by atoms with Gasteiger partial charge >= 0.3 is 5.97 Å². The Balaban J connectivity index is 1.64. The minimum Gasteiger partial charge on any atom is -0.507 e. The number of nitrogens with one attached hydrogen (secondary N) is 1. The average molecular weight is 706 g/mol. The molecule has 3 aliphatic rings. The Bertz CT molecular complexity index is 1840. The molecule has 1 amide bonds. The lowest BCUT2D eigenvalue weighted by Crippen LogP contribution is -2.79. The number of phenolic OH excluding ortho intramolecular Hbond substituents is 1. The molecule has 13 heteroatoms. The second kappa shape index (κ2) is 13.3. The van der Waals surface area contributed by atoms with Crippen LogP contribution in [-0.2, 0) is 41.7 Å². The molecule has 0 saturated heterocycles. The molecule has 5 N–H and O–H groups in total. The van der Waals surface area contributed by atoms with Gasteiger partial charge in [-0.25, -0.2) is 0 Å². The number of fused-ring (bicyclic) bond motifs is 3. The molecular weight excluding hydrogens is 658 g/mol. The topological polar surface area (TPSA) is 203 Å². The van der Waals surface area contributed by atoms with Crippen LogP contribution in [0.3, 0.4) is 0 Å². The number of Topliss-reactive ketones (excluding diaryl/α,β-unsaturated/α-hetero) is 4. The van der Waals surface area contributed by atoms with Crippen LogP contribution in [0.2, 0.25) is 0 Å². The van der Waals surface area contributed by atoms with Gasteiger partial charge in [0.1, 0.15) is 17.5 Å². The van der Waals surface area contributed by atoms with Gasteiger partial charge in [0.2, 0.25) is 5.91 Å². The number of primary amides is 1. The van der Waals surface area contributed by atoms with Crippen molar-refractivity contribution in [2.45, 2.75) is 71.2 Å². The van der Waals surface area contributed by atoms with Crippen LogP contribution in [0.5, 0.6) is 11.5 Å². The van der Waals surface area contributed by atoms with E-state index in [2.05, 4.69) is 5.32 Å². The van der Waals surface area contributed by atoms with E-state index in [0.29, 0.717) is 35.4 Å². The van der Waals surface area contributed by atoms with Crippen LogP contribution in [-0.4, -0.2) is 96.1 Å². The summed E-state index contributed by atoms with van der Waals surface area (Å²) in [5, 5.41) is 26.6. The first-order valence-electron chi connectivity index (χ1n) is 17.0. The molecule has 13 nitrogen and oxygen atoms in total. The molecule has 2 fully saturated rings. The van der Waals surface area contributed by atoms with Crippen molar-refractivity contribution in [1.29, 1.82) is 0 Å². The number of methoxy groups -OCH3 is 2. The van der Waals surface area contributed by atoms with Crippen molar-refractivity contribution in [3.05, 3.63) is 47.0 Å². The van der Waals surface area contributed by atoms with E-state index < -0.39 is 69.4 Å². The number of hydrogen-bond donors (Lipinski definition) is 4. The van der Waals surface area contributed by atoms with Crippen LogP contribution < -0.4 is 15.8 Å². The summed E-state index contributed by atoms with van der Waals surface area (Å²) in [6.07, 6.45) is 0.474. The van der Waals surface area contributed by atoms with E-state index in [0.717, 1.165) is 5.56 Å². The third kappa shape index (κ3) is 5.75. The predicted octanol–water partition coefficient (Wildman–Crippen LogP) is 2.00. The molecule has 2 saturated carbocycles. The molecule has 3 aliphatic carbocycles. The standard InChI is InChI=1S/C38H47N3O10/c1-18(2)13-23(35(48)51-8)40-16-19-9-12-25(50-7)21(14-19)20-10-11-24(42)26-22(20)15-36(3)17-37(4)31(41(5)6)30(44)27(34(39)47)32(45)38(37,49)33(46)28(36)29(26)43/h9-12,14,18,23,27-28,31,40,42,49H,13,15-17H2,1-8H3,(H2,39,47)/t23?,27?,28?,31-,36+,37+,38-/m1/s1. The van der Waals surface area contributed by atoms with Crippen molar-refractivity contribution in [2.75, 3.05) is 28.3 Å². The molecule has 0 aliphatic heterocycles. The van der Waals surface area contributed by atoms with E-state index in [9.17, 15) is 39.0 Å². The van der Waals surface area contributed by atoms with Crippen LogP contribution >= 0.6 is 0 Å². The average Bonchev–Trinajstić information content (AvgIpc) is 3.03. The van der Waals surface area contributed by atoms with Gasteiger partial charge in [-0.2, -0.15) is 0 Å². The maximum Gasteiger partial charge on any atom is 0.322 e. The number of aliphatic hydroxyl groups is 1. The molecule has 5 rings (SSSR count). The number of likely N-dealkylation sites (N-methyl/N-ethyl adjacent to an activating group) is 1. The fourth-order valence-electron chi connectivity index (χ4n) is 9.16. The van der Waals surface area contributed by atoms with Gasteiger partial charge in [0, 0.05) is 17.5 Å². The molecule has 7 atom stereocenters. The Hall–Kier alpha value is -4.46. The number of rotatable bonds is 10. The molecule has 51 heavy (non-hydrogen) atoms. The minimum absolute atomic E-state index is 0.0477. The van der Waals surface area contributed by atoms with Crippen molar-refractivity contribution in [3.63, 3.8) is 0 Å². The molecule has 274 valence electrons. The lowest BCUT2D eigenvalue weighted by Gasteiger charge is -2.61. The number of nitrogens with zero attached hydrogens (tertiary/aromatic N) is 1. The van der Waals surface area contributed by atoms with Crippen LogP contribution in [0.25, 0.3) is 11.1 Å². The van der Waals surface area contributed by atoms with Gasteiger partial charge in [0.15, 0.2) is 34.7 Å². The Morgan fingerprint density at radius 3 is 2.27 bits per heavy atom. The molecule has 2 aromatic carbocycles. The highest BCUT2D eigenvalue weighted by atomic mass is 16.5. The summed E-state index contributed by atoms with van der Waals surface area (Å²) < 4.78 is 10.7. The number of aromatic hydroxyl groups is 1. The number of hydrogen-bond acceptors (Lipinski definition) is 12. The summed E-state index contributed by atoms with van der Waals surface area (Å²) in [5.74, 6) is -9.07. The van der Waals surface area contributed by atoms with Gasteiger partial charge in [-0.1, -0.05) is 39.8 Å². The Morgan fingerprint density at radius 2 is 1.71 bits per heavy atom. The molecule has 0 spiro atoms. The second-order valence-corrected chi connectivity index (χ2v) is 15.4. The monoisotopic (exact) mass is 705 g/mol. The first-order valence-corrected chi connectivity index (χ1v) is 17.0. The third-order valence-electron chi connectivity index (χ3n) is 11.2. The van der Waals surface area contributed by atoms with Crippen molar-refractivity contribution in [2.24, 2.45) is 34.3 Å². The lowest BCUT2D eigenvalue weighted by molar-refractivity contribution is -0.203. The van der Waals surface area contributed by atoms with E-state index in [1.807, 2.05) is 26.0 Å². The number of ketones is 4. The first kappa shape index (κ1) is 37.8. The van der Waals surface area contributed by atoms with Crippen molar-refractivity contribution >= 4 is 35.0 Å². The summed E-state index contributed by atoms with van der Waals surface area (Å²) >= 11 is 0. The molecule has 0 radical (unpaired) electrons. The zero-order valence-electron chi connectivity index (χ0n) is 30.3. The van der Waals surface area contributed by atoms with Gasteiger partial charge in [-0.3, -0.25) is 33.7 Å². The third-order valence-corrected chi connectivity index (χ3v) is 11.2. The SMILES string of the molecule is COC(=O)C(CC(C)C)NCc1ccc(OC)c(-c2ccc(O)c3c2C[C@@]2(C)C[C@@]4(C)[C@H](N(C)C)C(=O)C(C(N)=O)C(=O)[C@@]4(O)C(=O)C2C3=O)c1. The van der Waals surface area contributed by atoms with Crippen LogP contribution in [0, 0.1) is 28.6 Å². The first-order chi connectivity index (χ1) is 23.8. The van der Waals surface area contributed by atoms with E-state index in [-0.39, 0.29) is 36.0 Å². The summed E-state index contributed by atoms with van der Waals surface area (Å²) in [5.41, 5.74) is 1.83. The smallest absolute Gasteiger partial charge is 0.322 e. The number of benzene rings is 2. The van der Waals surface area contributed by atoms with E-state index >= 15 is 0 Å². The number of nitrogens with two attached hydrogens (primary N) is 1. The number of phenols is 1. The van der Waals surface area contributed by atoms with Gasteiger partial charge in [-0.05, 0) is 79.6 Å². The molecule has 0 heterocycles. The highest BCUT2D eigenvalue weighted by Crippen LogP contribution is 2.62. The minimum atomic E-state index is -2.89. The number of amides is 1. The summed E-state index contributed by atoms with van der Waals surface area (Å²) in [6.45, 7) is 7.48. The highest BCUT2D eigenvalue weighted by molar-refractivity contribution is 6.33. The molecule has 3 unspecified atom stereocenters.